The molecule has 0 radical (unpaired) electrons. The van der Waals surface area contributed by atoms with Crippen LogP contribution in [0.5, 0.6) is 0 Å². The van der Waals surface area contributed by atoms with Gasteiger partial charge in [-0.15, -0.1) is 12.4 Å². The van der Waals surface area contributed by atoms with Gasteiger partial charge in [0.2, 0.25) is 0 Å². The van der Waals surface area contributed by atoms with Crippen molar-refractivity contribution in [2.24, 2.45) is 0 Å². The average molecular weight is 414 g/mol. The fraction of sp³-hybridized carbons (Fsp3) is 0.455. The van der Waals surface area contributed by atoms with E-state index in [9.17, 15) is 8.78 Å². The molecular weight excluding hydrogens is 384 g/mol. The normalized spacial score (nSPS) is 12.1. The van der Waals surface area contributed by atoms with Crippen molar-refractivity contribution in [3.05, 3.63) is 70.3 Å². The van der Waals surface area contributed by atoms with Crippen LogP contribution >= 0.6 is 12.4 Å². The molecule has 0 heterocycles. The molecule has 0 saturated carbocycles. The quantitative estimate of drug-likeness (QED) is 0.393. The van der Waals surface area contributed by atoms with Crippen LogP contribution in [0.4, 0.5) is 8.78 Å². The van der Waals surface area contributed by atoms with Crippen molar-refractivity contribution in [2.75, 3.05) is 33.4 Å². The van der Waals surface area contributed by atoms with Gasteiger partial charge in [-0.05, 0) is 56.0 Å². The molecule has 1 unspecified atom stereocenters. The fourth-order valence-corrected chi connectivity index (χ4v) is 3.52. The molecular formula is C22H30ClF2NO2. The van der Waals surface area contributed by atoms with Crippen molar-refractivity contribution in [2.45, 2.75) is 33.1 Å². The monoisotopic (exact) mass is 413 g/mol. The summed E-state index contributed by atoms with van der Waals surface area (Å²) in [6, 6.07) is 10.1. The molecule has 0 fully saturated rings. The number of aryl methyl sites for hydroxylation is 2. The van der Waals surface area contributed by atoms with E-state index in [0.717, 1.165) is 16.7 Å². The molecule has 2 aromatic rings. The highest BCUT2D eigenvalue weighted by atomic mass is 35.5. The summed E-state index contributed by atoms with van der Waals surface area (Å²) in [5, 5.41) is 1.80. The summed E-state index contributed by atoms with van der Waals surface area (Å²) in [6.07, 6.45) is 0.263. The third kappa shape index (κ3) is 6.52. The highest BCUT2D eigenvalue weighted by molar-refractivity contribution is 5.85. The highest BCUT2D eigenvalue weighted by Gasteiger charge is 2.23. The van der Waals surface area contributed by atoms with Crippen LogP contribution in [0.2, 0.25) is 0 Å². The molecule has 0 spiro atoms. The number of hydrogen-bond acceptors (Lipinski definition) is 3. The zero-order valence-corrected chi connectivity index (χ0v) is 17.8. The standard InChI is InChI=1S/C22H29F2NO2.ClH/c1-5-27-13-12-25(26-4)15-18(22-16(2)8-6-9-17(22)3)14-19-20(23)10-7-11-21(19)24;/h6-11,18H,5,12-15H2,1-4H3;1H. The van der Waals surface area contributed by atoms with Crippen LogP contribution in [0.3, 0.4) is 0 Å². The van der Waals surface area contributed by atoms with Crippen LogP contribution in [0.1, 0.15) is 35.1 Å². The Morgan fingerprint density at radius 2 is 1.57 bits per heavy atom. The Bertz CT molecular complexity index is 702. The summed E-state index contributed by atoms with van der Waals surface area (Å²) in [5.41, 5.74) is 3.44. The Labute approximate surface area is 173 Å². The zero-order chi connectivity index (χ0) is 19.8. The molecule has 0 aliphatic rings. The van der Waals surface area contributed by atoms with Gasteiger partial charge in [0.25, 0.3) is 0 Å². The maximum atomic E-state index is 14.3. The first-order valence-electron chi connectivity index (χ1n) is 9.33. The summed E-state index contributed by atoms with van der Waals surface area (Å²) in [7, 11) is 1.61. The minimum absolute atomic E-state index is 0. The van der Waals surface area contributed by atoms with E-state index in [-0.39, 0.29) is 30.3 Å². The lowest BCUT2D eigenvalue weighted by Gasteiger charge is -2.28. The molecule has 156 valence electrons. The number of benzene rings is 2. The van der Waals surface area contributed by atoms with Gasteiger partial charge in [-0.1, -0.05) is 24.3 Å². The molecule has 28 heavy (non-hydrogen) atoms. The topological polar surface area (TPSA) is 21.7 Å². The minimum atomic E-state index is -0.510. The second-order valence-electron chi connectivity index (χ2n) is 6.67. The van der Waals surface area contributed by atoms with E-state index in [0.29, 0.717) is 26.3 Å². The van der Waals surface area contributed by atoms with Crippen molar-refractivity contribution in [3.63, 3.8) is 0 Å². The second-order valence-corrected chi connectivity index (χ2v) is 6.67. The van der Waals surface area contributed by atoms with E-state index in [1.165, 1.54) is 18.2 Å². The minimum Gasteiger partial charge on any atom is -0.380 e. The number of halogens is 3. The summed E-state index contributed by atoms with van der Waals surface area (Å²) in [6.45, 7) is 8.29. The van der Waals surface area contributed by atoms with Crippen LogP contribution in [-0.4, -0.2) is 38.5 Å². The van der Waals surface area contributed by atoms with Crippen LogP contribution in [0, 0.1) is 25.5 Å². The van der Waals surface area contributed by atoms with Gasteiger partial charge in [0.1, 0.15) is 11.6 Å². The Balaban J connectivity index is 0.00000392. The van der Waals surface area contributed by atoms with E-state index in [1.54, 1.807) is 12.2 Å². The van der Waals surface area contributed by atoms with E-state index >= 15 is 0 Å². The third-order valence-corrected chi connectivity index (χ3v) is 4.83. The second kappa shape index (κ2) is 12.1. The van der Waals surface area contributed by atoms with Gasteiger partial charge in [-0.25, -0.2) is 8.78 Å². The maximum Gasteiger partial charge on any atom is 0.129 e. The van der Waals surface area contributed by atoms with Crippen LogP contribution < -0.4 is 0 Å². The van der Waals surface area contributed by atoms with Gasteiger partial charge in [0, 0.05) is 31.2 Å². The van der Waals surface area contributed by atoms with Crippen LogP contribution in [0.25, 0.3) is 0 Å². The molecule has 0 aliphatic heterocycles. The molecule has 0 aromatic heterocycles. The van der Waals surface area contributed by atoms with E-state index in [1.807, 2.05) is 39.0 Å². The van der Waals surface area contributed by atoms with Gasteiger partial charge < -0.3 is 9.57 Å². The Hall–Kier alpha value is -1.53. The molecule has 1 atom stereocenters. The molecule has 2 aromatic carbocycles. The number of hydrogen-bond donors (Lipinski definition) is 0. The zero-order valence-electron chi connectivity index (χ0n) is 17.0. The molecule has 0 bridgehead atoms. The summed E-state index contributed by atoms with van der Waals surface area (Å²) in [4.78, 5) is 5.49. The summed E-state index contributed by atoms with van der Waals surface area (Å²) in [5.74, 6) is -1.13. The Kier molecular flexibility index (Phi) is 10.6. The SMILES string of the molecule is CCOCCN(CC(Cc1c(F)cccc1F)c1c(C)cccc1C)OC.Cl. The van der Waals surface area contributed by atoms with Crippen molar-refractivity contribution < 1.29 is 18.4 Å². The van der Waals surface area contributed by atoms with E-state index in [2.05, 4.69) is 0 Å². The smallest absolute Gasteiger partial charge is 0.129 e. The molecule has 0 saturated heterocycles. The van der Waals surface area contributed by atoms with Gasteiger partial charge in [0.05, 0.1) is 13.7 Å². The van der Waals surface area contributed by atoms with Gasteiger partial charge in [-0.2, -0.15) is 5.06 Å². The molecule has 6 heteroatoms. The van der Waals surface area contributed by atoms with Gasteiger partial charge >= 0.3 is 0 Å². The first kappa shape index (κ1) is 24.5. The number of hydroxylamine groups is 2. The predicted molar refractivity (Wildman–Crippen MR) is 111 cm³/mol. The molecule has 3 nitrogen and oxygen atoms in total. The lowest BCUT2D eigenvalue weighted by Crippen LogP contribution is -2.32. The Morgan fingerprint density at radius 3 is 2.11 bits per heavy atom. The first-order chi connectivity index (χ1) is 13.0. The molecule has 0 aliphatic carbocycles. The van der Waals surface area contributed by atoms with E-state index in [4.69, 9.17) is 9.57 Å². The highest BCUT2D eigenvalue weighted by Crippen LogP contribution is 2.30. The maximum absolute atomic E-state index is 14.3. The van der Waals surface area contributed by atoms with Gasteiger partial charge in [0.15, 0.2) is 0 Å². The van der Waals surface area contributed by atoms with Crippen LogP contribution in [0.15, 0.2) is 36.4 Å². The summed E-state index contributed by atoms with van der Waals surface area (Å²) >= 11 is 0. The number of rotatable bonds is 10. The lowest BCUT2D eigenvalue weighted by atomic mass is 9.85. The summed E-state index contributed by atoms with van der Waals surface area (Å²) < 4.78 is 34.0. The van der Waals surface area contributed by atoms with Crippen molar-refractivity contribution >= 4 is 12.4 Å². The fourth-order valence-electron chi connectivity index (χ4n) is 3.52. The van der Waals surface area contributed by atoms with Crippen LogP contribution in [-0.2, 0) is 16.0 Å². The largest absolute Gasteiger partial charge is 0.380 e. The molecule has 0 N–H and O–H groups in total. The van der Waals surface area contributed by atoms with Gasteiger partial charge in [-0.3, -0.25) is 0 Å². The van der Waals surface area contributed by atoms with E-state index < -0.39 is 11.6 Å². The first-order valence-corrected chi connectivity index (χ1v) is 9.33. The predicted octanol–water partition coefficient (Wildman–Crippen LogP) is 5.23. The average Bonchev–Trinajstić information content (AvgIpc) is 2.63. The molecule has 0 amide bonds. The Morgan fingerprint density at radius 1 is 1.00 bits per heavy atom. The molecule has 2 rings (SSSR count). The number of nitrogens with zero attached hydrogens (tertiary/aromatic N) is 1. The lowest BCUT2D eigenvalue weighted by molar-refractivity contribution is -0.143. The third-order valence-electron chi connectivity index (χ3n) is 4.83. The number of ether oxygens (including phenoxy) is 1. The van der Waals surface area contributed by atoms with Crippen molar-refractivity contribution in [1.82, 2.24) is 5.06 Å². The van der Waals surface area contributed by atoms with Crippen molar-refractivity contribution in [1.29, 1.82) is 0 Å². The van der Waals surface area contributed by atoms with Crippen molar-refractivity contribution in [3.8, 4) is 0 Å².